The predicted molar refractivity (Wildman–Crippen MR) is 108 cm³/mol. The van der Waals surface area contributed by atoms with Crippen molar-refractivity contribution in [3.05, 3.63) is 77.0 Å². The first-order valence-corrected chi connectivity index (χ1v) is 9.67. The summed E-state index contributed by atoms with van der Waals surface area (Å²) >= 11 is 0. The molecule has 4 rings (SSSR count). The van der Waals surface area contributed by atoms with Crippen LogP contribution in [-0.4, -0.2) is 23.3 Å². The number of rotatable bonds is 3. The Morgan fingerprint density at radius 2 is 1.84 bits per heavy atom. The number of amides is 2. The van der Waals surface area contributed by atoms with Crippen molar-refractivity contribution < 1.29 is 27.2 Å². The summed E-state index contributed by atoms with van der Waals surface area (Å²) in [5.41, 5.74) is 1.38. The van der Waals surface area contributed by atoms with Crippen LogP contribution in [0.1, 0.15) is 34.2 Å². The van der Waals surface area contributed by atoms with E-state index in [9.17, 15) is 22.8 Å². The van der Waals surface area contributed by atoms with Crippen molar-refractivity contribution in [2.75, 3.05) is 11.9 Å². The maximum atomic E-state index is 13.0. The molecule has 0 fully saturated rings. The molecule has 0 saturated heterocycles. The fourth-order valence-electron chi connectivity index (χ4n) is 3.61. The molecule has 1 N–H and O–H groups in total. The maximum absolute atomic E-state index is 13.0. The molecule has 8 heteroatoms. The molecule has 0 saturated carbocycles. The molecular weight excluding hydrogens is 409 g/mol. The van der Waals surface area contributed by atoms with Crippen LogP contribution in [0.15, 0.2) is 59.0 Å². The number of furan rings is 1. The van der Waals surface area contributed by atoms with Crippen molar-refractivity contribution >= 4 is 17.5 Å². The van der Waals surface area contributed by atoms with Gasteiger partial charge in [-0.25, -0.2) is 0 Å². The summed E-state index contributed by atoms with van der Waals surface area (Å²) in [4.78, 5) is 25.6. The highest BCUT2D eigenvalue weighted by Crippen LogP contribution is 2.32. The van der Waals surface area contributed by atoms with Crippen LogP contribution < -0.4 is 5.32 Å². The van der Waals surface area contributed by atoms with Crippen LogP contribution in [0.5, 0.6) is 0 Å². The van der Waals surface area contributed by atoms with E-state index in [1.807, 2.05) is 12.1 Å². The molecule has 5 nitrogen and oxygen atoms in total. The second-order valence-corrected chi connectivity index (χ2v) is 7.38. The van der Waals surface area contributed by atoms with Gasteiger partial charge in [0.05, 0.1) is 5.56 Å². The fourth-order valence-corrected chi connectivity index (χ4v) is 3.61. The average Bonchev–Trinajstić information content (AvgIpc) is 3.16. The molecule has 0 atom stereocenters. The lowest BCUT2D eigenvalue weighted by Gasteiger charge is -2.26. The Kier molecular flexibility index (Phi) is 5.31. The van der Waals surface area contributed by atoms with Gasteiger partial charge < -0.3 is 14.6 Å². The summed E-state index contributed by atoms with van der Waals surface area (Å²) in [6, 6.07) is 13.5. The third-order valence-corrected chi connectivity index (χ3v) is 5.06. The number of carbonyl (C=O) groups excluding carboxylic acids is 2. The first kappa shape index (κ1) is 20.7. The minimum Gasteiger partial charge on any atom is -0.461 e. The molecule has 1 aromatic heterocycles. The smallest absolute Gasteiger partial charge is 0.416 e. The lowest BCUT2D eigenvalue weighted by molar-refractivity contribution is -0.137. The number of nitrogens with zero attached hydrogens (tertiary/aromatic N) is 1. The average molecular weight is 428 g/mol. The van der Waals surface area contributed by atoms with Crippen molar-refractivity contribution in [2.45, 2.75) is 26.1 Å². The molecule has 0 spiro atoms. The summed E-state index contributed by atoms with van der Waals surface area (Å²) in [6.45, 7) is 2.02. The zero-order chi connectivity index (χ0) is 22.2. The molecule has 0 unspecified atom stereocenters. The van der Waals surface area contributed by atoms with Gasteiger partial charge in [0.25, 0.3) is 5.91 Å². The van der Waals surface area contributed by atoms with Crippen LogP contribution in [0.2, 0.25) is 0 Å². The van der Waals surface area contributed by atoms with E-state index in [1.165, 1.54) is 24.0 Å². The zero-order valence-corrected chi connectivity index (χ0v) is 16.6. The predicted octanol–water partition coefficient (Wildman–Crippen LogP) is 5.12. The van der Waals surface area contributed by atoms with E-state index in [2.05, 4.69) is 5.32 Å². The van der Waals surface area contributed by atoms with E-state index in [1.54, 1.807) is 18.2 Å². The Morgan fingerprint density at radius 3 is 2.58 bits per heavy atom. The van der Waals surface area contributed by atoms with Gasteiger partial charge in [0.1, 0.15) is 11.5 Å². The van der Waals surface area contributed by atoms with Crippen molar-refractivity contribution in [3.8, 4) is 11.3 Å². The number of hydrogen-bond donors (Lipinski definition) is 1. The maximum Gasteiger partial charge on any atom is 0.416 e. The van der Waals surface area contributed by atoms with Gasteiger partial charge in [-0.1, -0.05) is 18.2 Å². The molecule has 160 valence electrons. The van der Waals surface area contributed by atoms with Crippen LogP contribution in [-0.2, 0) is 23.9 Å². The van der Waals surface area contributed by atoms with Gasteiger partial charge >= 0.3 is 6.18 Å². The van der Waals surface area contributed by atoms with Gasteiger partial charge in [0.2, 0.25) is 5.91 Å². The summed E-state index contributed by atoms with van der Waals surface area (Å²) in [7, 11) is 0. The third-order valence-electron chi connectivity index (χ3n) is 5.06. The number of halogens is 3. The van der Waals surface area contributed by atoms with Crippen LogP contribution >= 0.6 is 0 Å². The van der Waals surface area contributed by atoms with Gasteiger partial charge in [-0.05, 0) is 36.4 Å². The minimum absolute atomic E-state index is 0.00463. The highest BCUT2D eigenvalue weighted by Gasteiger charge is 2.32. The summed E-state index contributed by atoms with van der Waals surface area (Å²) in [5.74, 6) is 0.713. The van der Waals surface area contributed by atoms with E-state index >= 15 is 0 Å². The molecule has 3 aromatic rings. The van der Waals surface area contributed by atoms with Gasteiger partial charge in [0.15, 0.2) is 0 Å². The van der Waals surface area contributed by atoms with Crippen molar-refractivity contribution in [3.63, 3.8) is 0 Å². The zero-order valence-electron chi connectivity index (χ0n) is 16.6. The number of benzene rings is 2. The summed E-state index contributed by atoms with van der Waals surface area (Å²) in [6.07, 6.45) is -4.04. The summed E-state index contributed by atoms with van der Waals surface area (Å²) in [5, 5.41) is 2.72. The van der Waals surface area contributed by atoms with E-state index in [-0.39, 0.29) is 18.0 Å². The first-order valence-electron chi connectivity index (χ1n) is 9.67. The molecule has 2 aromatic carbocycles. The molecule has 0 bridgehead atoms. The highest BCUT2D eigenvalue weighted by molar-refractivity contribution is 5.94. The molecular formula is C23H19F3N2O3. The number of alkyl halides is 3. The molecule has 0 radical (unpaired) electrons. The van der Waals surface area contributed by atoms with Gasteiger partial charge in [-0.2, -0.15) is 13.2 Å². The highest BCUT2D eigenvalue weighted by atomic mass is 19.4. The Morgan fingerprint density at radius 1 is 1.06 bits per heavy atom. The van der Waals surface area contributed by atoms with E-state index in [0.29, 0.717) is 24.4 Å². The van der Waals surface area contributed by atoms with Gasteiger partial charge in [-0.3, -0.25) is 9.59 Å². The number of carbonyl (C=O) groups is 2. The second-order valence-electron chi connectivity index (χ2n) is 7.38. The molecule has 1 aliphatic heterocycles. The van der Waals surface area contributed by atoms with E-state index in [4.69, 9.17) is 4.42 Å². The minimum atomic E-state index is -4.50. The number of nitrogens with one attached hydrogen (secondary N) is 1. The Hall–Kier alpha value is -3.55. The topological polar surface area (TPSA) is 62.6 Å². The van der Waals surface area contributed by atoms with Crippen molar-refractivity contribution in [2.24, 2.45) is 0 Å². The monoisotopic (exact) mass is 428 g/mol. The van der Waals surface area contributed by atoms with Crippen LogP contribution in [0.3, 0.4) is 0 Å². The molecule has 31 heavy (non-hydrogen) atoms. The van der Waals surface area contributed by atoms with Crippen LogP contribution in [0.4, 0.5) is 18.9 Å². The molecule has 0 aliphatic carbocycles. The number of fused-ring (bicyclic) bond motifs is 1. The third kappa shape index (κ3) is 4.47. The first-order chi connectivity index (χ1) is 14.7. The summed E-state index contributed by atoms with van der Waals surface area (Å²) < 4.78 is 44.9. The van der Waals surface area contributed by atoms with Crippen LogP contribution in [0, 0.1) is 0 Å². The number of hydrogen-bond acceptors (Lipinski definition) is 3. The van der Waals surface area contributed by atoms with E-state index < -0.39 is 17.6 Å². The largest absolute Gasteiger partial charge is 0.461 e. The normalized spacial score (nSPS) is 13.6. The van der Waals surface area contributed by atoms with Gasteiger partial charge in [0, 0.05) is 48.8 Å². The van der Waals surface area contributed by atoms with Crippen LogP contribution in [0.25, 0.3) is 11.3 Å². The quantitative estimate of drug-likeness (QED) is 0.630. The lowest BCUT2D eigenvalue weighted by Crippen LogP contribution is -2.35. The number of anilines is 1. The molecule has 2 amide bonds. The fraction of sp³-hybridized carbons (Fsp3) is 0.217. The van der Waals surface area contributed by atoms with E-state index in [0.717, 1.165) is 29.0 Å². The van der Waals surface area contributed by atoms with Gasteiger partial charge in [-0.15, -0.1) is 0 Å². The molecule has 2 heterocycles. The Balaban J connectivity index is 1.54. The second kappa shape index (κ2) is 7.94. The Bertz CT molecular complexity index is 1150. The van der Waals surface area contributed by atoms with Crippen molar-refractivity contribution in [1.82, 2.24) is 4.90 Å². The standard InChI is InChI=1S/C23H19F3N2O3/c1-14(29)27-19-7-3-4-15(11-19)21-12-17-13-28(9-8-20(17)31-21)22(30)16-5-2-6-18(10-16)23(24,25)26/h2-7,10-12H,8-9,13H2,1H3,(H,27,29). The SMILES string of the molecule is CC(=O)Nc1cccc(-c2cc3c(o2)CCN(C(=O)c2cccc(C(F)(F)F)c2)C3)c1. The Labute approximate surface area is 176 Å². The lowest BCUT2D eigenvalue weighted by atomic mass is 10.0. The van der Waals surface area contributed by atoms with Crippen molar-refractivity contribution in [1.29, 1.82) is 0 Å². The molecule has 1 aliphatic rings.